The van der Waals surface area contributed by atoms with Crippen molar-refractivity contribution in [2.45, 2.75) is 46.1 Å². The van der Waals surface area contributed by atoms with Gasteiger partial charge in [0.1, 0.15) is 23.2 Å². The zero-order chi connectivity index (χ0) is 22.0. The van der Waals surface area contributed by atoms with Gasteiger partial charge in [-0.1, -0.05) is 5.57 Å². The monoisotopic (exact) mass is 419 g/mol. The van der Waals surface area contributed by atoms with Crippen LogP contribution in [0.1, 0.15) is 50.4 Å². The number of anilines is 1. The first kappa shape index (κ1) is 20.8. The van der Waals surface area contributed by atoms with Crippen LogP contribution in [-0.2, 0) is 13.5 Å². The van der Waals surface area contributed by atoms with Gasteiger partial charge < -0.3 is 20.8 Å². The highest BCUT2D eigenvalue weighted by Gasteiger charge is 2.20. The first-order chi connectivity index (χ1) is 15.0. The topological polar surface area (TPSA) is 100 Å². The number of allylic oxidation sites excluding steroid dienone is 2. The number of ether oxygens (including phenoxy) is 1. The predicted molar refractivity (Wildman–Crippen MR) is 124 cm³/mol. The predicted octanol–water partition coefficient (Wildman–Crippen LogP) is 3.66. The molecule has 0 saturated heterocycles. The number of aliphatic imine (C=N–C) groups is 1. The molecule has 0 saturated carbocycles. The van der Waals surface area contributed by atoms with Crippen molar-refractivity contribution in [3.05, 3.63) is 52.8 Å². The summed E-state index contributed by atoms with van der Waals surface area (Å²) < 4.78 is 8.29. The van der Waals surface area contributed by atoms with Crippen LogP contribution in [0.15, 0.2) is 40.9 Å². The van der Waals surface area contributed by atoms with Crippen LogP contribution in [0.5, 0.6) is 5.75 Å². The van der Waals surface area contributed by atoms with Crippen LogP contribution in [-0.4, -0.2) is 39.5 Å². The molecule has 162 valence electrons. The van der Waals surface area contributed by atoms with E-state index >= 15 is 0 Å². The standard InChI is InChI=1S/C23H29N7O/c1-14(2)16(11-24)17-12-26-22-10-20(17)31-15(3)6-5-7-19-18(13-27-30(19)4)23-25-9-8-21(28-22)29-23/h8,10-13,15,24H,5-7,9H2,1-4H3,(H,25,29)(H,26,28)/t15-/m0/s1. The average molecular weight is 420 g/mol. The van der Waals surface area contributed by atoms with E-state index in [1.807, 2.05) is 43.9 Å². The van der Waals surface area contributed by atoms with Crippen molar-refractivity contribution < 1.29 is 4.74 Å². The van der Waals surface area contributed by atoms with E-state index in [4.69, 9.17) is 10.1 Å². The van der Waals surface area contributed by atoms with Crippen LogP contribution in [0.2, 0.25) is 0 Å². The van der Waals surface area contributed by atoms with Crippen LogP contribution < -0.4 is 15.4 Å². The van der Waals surface area contributed by atoms with E-state index in [1.165, 1.54) is 6.21 Å². The van der Waals surface area contributed by atoms with Crippen LogP contribution >= 0.6 is 0 Å². The number of hydrogen-bond acceptors (Lipinski definition) is 7. The number of aryl methyl sites for hydroxylation is 1. The SMILES string of the molecule is CC(C)=C(C=N)c1cnc2cc1O[C@@H](C)CCCc1c(cnn1C)C1=NCC=C(N1)N2. The second-order valence-corrected chi connectivity index (χ2v) is 8.13. The van der Waals surface area contributed by atoms with Gasteiger partial charge in [-0.2, -0.15) is 5.10 Å². The minimum atomic E-state index is 0.0203. The number of fused-ring (bicyclic) bond motifs is 6. The van der Waals surface area contributed by atoms with Gasteiger partial charge in [-0.05, 0) is 46.1 Å². The fraction of sp³-hybridized carbons (Fsp3) is 0.391. The molecule has 0 unspecified atom stereocenters. The summed E-state index contributed by atoms with van der Waals surface area (Å²) in [5.74, 6) is 3.05. The number of nitrogens with zero attached hydrogens (tertiary/aromatic N) is 4. The second kappa shape index (κ2) is 8.75. The molecule has 4 bridgehead atoms. The minimum absolute atomic E-state index is 0.0203. The number of aromatic nitrogens is 3. The zero-order valence-electron chi connectivity index (χ0n) is 18.5. The van der Waals surface area contributed by atoms with Crippen molar-refractivity contribution in [3.8, 4) is 5.75 Å². The van der Waals surface area contributed by atoms with Gasteiger partial charge in [0.2, 0.25) is 0 Å². The first-order valence-corrected chi connectivity index (χ1v) is 10.6. The Morgan fingerprint density at radius 3 is 2.90 bits per heavy atom. The molecule has 3 N–H and O–H groups in total. The lowest BCUT2D eigenvalue weighted by Crippen LogP contribution is -2.32. The lowest BCUT2D eigenvalue weighted by Gasteiger charge is -2.22. The van der Waals surface area contributed by atoms with Gasteiger partial charge in [0.05, 0.1) is 24.4 Å². The Morgan fingerprint density at radius 2 is 2.13 bits per heavy atom. The highest BCUT2D eigenvalue weighted by Crippen LogP contribution is 2.31. The smallest absolute Gasteiger partial charge is 0.137 e. The third-order valence-electron chi connectivity index (χ3n) is 5.57. The van der Waals surface area contributed by atoms with Crippen molar-refractivity contribution in [1.29, 1.82) is 5.41 Å². The van der Waals surface area contributed by atoms with E-state index in [9.17, 15) is 0 Å². The number of pyridine rings is 1. The molecule has 2 aromatic rings. The molecule has 8 heteroatoms. The Labute approximate surface area is 182 Å². The zero-order valence-corrected chi connectivity index (χ0v) is 18.5. The van der Waals surface area contributed by atoms with Gasteiger partial charge in [0.15, 0.2) is 0 Å². The molecule has 0 spiro atoms. The van der Waals surface area contributed by atoms with Gasteiger partial charge in [-0.25, -0.2) is 4.98 Å². The van der Waals surface area contributed by atoms with E-state index in [0.29, 0.717) is 12.4 Å². The molecule has 2 aromatic heterocycles. The molecule has 0 radical (unpaired) electrons. The third kappa shape index (κ3) is 4.38. The molecule has 8 nitrogen and oxygen atoms in total. The first-order valence-electron chi connectivity index (χ1n) is 10.6. The lowest BCUT2D eigenvalue weighted by molar-refractivity contribution is 0.207. The molecule has 4 rings (SSSR count). The summed E-state index contributed by atoms with van der Waals surface area (Å²) in [6.07, 6.45) is 9.79. The molecule has 1 atom stereocenters. The Kier molecular flexibility index (Phi) is 5.88. The lowest BCUT2D eigenvalue weighted by atomic mass is 10.0. The van der Waals surface area contributed by atoms with Crippen LogP contribution in [0.3, 0.4) is 0 Å². The average Bonchev–Trinajstić information content (AvgIpc) is 3.10. The number of amidine groups is 1. The van der Waals surface area contributed by atoms with Crippen LogP contribution in [0.25, 0.3) is 5.57 Å². The summed E-state index contributed by atoms with van der Waals surface area (Å²) in [5.41, 5.74) is 4.90. The maximum atomic E-state index is 7.86. The fourth-order valence-corrected chi connectivity index (χ4v) is 3.91. The number of hydrogen-bond donors (Lipinski definition) is 3. The quantitative estimate of drug-likeness (QED) is 0.645. The molecule has 0 amide bonds. The molecule has 4 heterocycles. The fourth-order valence-electron chi connectivity index (χ4n) is 3.91. The van der Waals surface area contributed by atoms with Crippen LogP contribution in [0.4, 0.5) is 5.82 Å². The summed E-state index contributed by atoms with van der Waals surface area (Å²) in [4.78, 5) is 9.23. The molecule has 31 heavy (non-hydrogen) atoms. The van der Waals surface area contributed by atoms with Gasteiger partial charge >= 0.3 is 0 Å². The Bertz CT molecular complexity index is 1090. The maximum absolute atomic E-state index is 7.86. The van der Waals surface area contributed by atoms with Crippen molar-refractivity contribution >= 4 is 23.4 Å². The van der Waals surface area contributed by atoms with Crippen molar-refractivity contribution in [2.24, 2.45) is 12.0 Å². The summed E-state index contributed by atoms with van der Waals surface area (Å²) in [6.45, 7) is 6.65. The molecular weight excluding hydrogens is 390 g/mol. The van der Waals surface area contributed by atoms with Gasteiger partial charge in [-0.15, -0.1) is 0 Å². The number of rotatable bonds is 2. The third-order valence-corrected chi connectivity index (χ3v) is 5.57. The van der Waals surface area contributed by atoms with E-state index in [2.05, 4.69) is 32.6 Å². The Morgan fingerprint density at radius 1 is 1.29 bits per heavy atom. The summed E-state index contributed by atoms with van der Waals surface area (Å²) in [7, 11) is 1.97. The van der Waals surface area contributed by atoms with Gasteiger partial charge in [-0.3, -0.25) is 9.67 Å². The van der Waals surface area contributed by atoms with Crippen molar-refractivity contribution in [3.63, 3.8) is 0 Å². The van der Waals surface area contributed by atoms with Crippen LogP contribution in [0, 0.1) is 5.41 Å². The summed E-state index contributed by atoms with van der Waals surface area (Å²) in [6, 6.07) is 1.91. The molecule has 2 aliphatic heterocycles. The van der Waals surface area contributed by atoms with E-state index < -0.39 is 0 Å². The Balaban J connectivity index is 1.73. The second-order valence-electron chi connectivity index (χ2n) is 8.13. The highest BCUT2D eigenvalue weighted by atomic mass is 16.5. The highest BCUT2D eigenvalue weighted by molar-refractivity contribution is 6.10. The van der Waals surface area contributed by atoms with Gasteiger partial charge in [0.25, 0.3) is 0 Å². The van der Waals surface area contributed by atoms with Gasteiger partial charge in [0, 0.05) is 42.4 Å². The Hall–Kier alpha value is -3.42. The minimum Gasteiger partial charge on any atom is -0.490 e. The van der Waals surface area contributed by atoms with E-state index in [0.717, 1.165) is 64.6 Å². The summed E-state index contributed by atoms with van der Waals surface area (Å²) >= 11 is 0. The molecular formula is C23H29N7O. The summed E-state index contributed by atoms with van der Waals surface area (Å²) in [5, 5.41) is 19.0. The largest absolute Gasteiger partial charge is 0.490 e. The normalized spacial score (nSPS) is 18.1. The molecule has 0 aliphatic carbocycles. The van der Waals surface area contributed by atoms with Crippen molar-refractivity contribution in [1.82, 2.24) is 20.1 Å². The maximum Gasteiger partial charge on any atom is 0.137 e. The van der Waals surface area contributed by atoms with E-state index in [-0.39, 0.29) is 6.10 Å². The molecule has 2 aliphatic rings. The molecule has 0 fully saturated rings. The van der Waals surface area contributed by atoms with E-state index in [1.54, 1.807) is 6.20 Å². The molecule has 0 aromatic carbocycles. The van der Waals surface area contributed by atoms with Crippen molar-refractivity contribution in [2.75, 3.05) is 11.9 Å². The number of nitrogens with one attached hydrogen (secondary N) is 3.